The van der Waals surface area contributed by atoms with Crippen molar-refractivity contribution in [1.29, 1.82) is 0 Å². The van der Waals surface area contributed by atoms with Crippen molar-refractivity contribution in [3.8, 4) is 17.0 Å². The van der Waals surface area contributed by atoms with Crippen LogP contribution in [-0.4, -0.2) is 35.5 Å². The van der Waals surface area contributed by atoms with Gasteiger partial charge in [-0.05, 0) is 43.3 Å². The van der Waals surface area contributed by atoms with Crippen LogP contribution in [0.25, 0.3) is 22.2 Å². The van der Waals surface area contributed by atoms with Gasteiger partial charge in [0.2, 0.25) is 0 Å². The molecule has 1 atom stereocenters. The van der Waals surface area contributed by atoms with Crippen LogP contribution in [0.2, 0.25) is 0 Å². The molecule has 0 saturated heterocycles. The lowest BCUT2D eigenvalue weighted by atomic mass is 10.1. The Morgan fingerprint density at radius 2 is 1.90 bits per heavy atom. The number of rotatable bonds is 8. The highest BCUT2D eigenvalue weighted by atomic mass is 32.2. The molecule has 0 aliphatic rings. The predicted molar refractivity (Wildman–Crippen MR) is 121 cm³/mol. The van der Waals surface area contributed by atoms with E-state index in [9.17, 15) is 4.79 Å². The maximum Gasteiger partial charge on any atom is 0.262 e. The molecule has 0 amide bonds. The first-order valence-electron chi connectivity index (χ1n) is 9.83. The summed E-state index contributed by atoms with van der Waals surface area (Å²) >= 11 is 1.44. The van der Waals surface area contributed by atoms with Crippen LogP contribution in [0.5, 0.6) is 5.75 Å². The number of hydrogen-bond acceptors (Lipinski definition) is 7. The van der Waals surface area contributed by atoms with Crippen LogP contribution >= 0.6 is 11.8 Å². The molecule has 2 heterocycles. The molecular weight excluding hydrogens is 414 g/mol. The Morgan fingerprint density at radius 3 is 2.65 bits per heavy atom. The summed E-state index contributed by atoms with van der Waals surface area (Å²) in [6.07, 6.45) is 0. The largest absolute Gasteiger partial charge is 0.497 e. The first-order chi connectivity index (χ1) is 15.1. The predicted octanol–water partition coefficient (Wildman–Crippen LogP) is 4.56. The Hall–Kier alpha value is -3.10. The van der Waals surface area contributed by atoms with E-state index in [0.717, 1.165) is 17.0 Å². The van der Waals surface area contributed by atoms with Crippen LogP contribution < -0.4 is 10.3 Å². The van der Waals surface area contributed by atoms with Gasteiger partial charge in [-0.25, -0.2) is 4.98 Å². The van der Waals surface area contributed by atoms with Gasteiger partial charge in [-0.3, -0.25) is 9.36 Å². The number of para-hydroxylation sites is 1. The van der Waals surface area contributed by atoms with Crippen LogP contribution in [-0.2, 0) is 10.5 Å². The summed E-state index contributed by atoms with van der Waals surface area (Å²) < 4.78 is 17.7. The van der Waals surface area contributed by atoms with Crippen LogP contribution in [0.15, 0.2) is 69.1 Å². The van der Waals surface area contributed by atoms with Crippen molar-refractivity contribution in [2.24, 2.45) is 0 Å². The maximum atomic E-state index is 13.1. The zero-order chi connectivity index (χ0) is 21.8. The third-order valence-electron chi connectivity index (χ3n) is 4.91. The first kappa shape index (κ1) is 21.1. The quantitative estimate of drug-likeness (QED) is 0.295. The lowest BCUT2D eigenvalue weighted by Gasteiger charge is -2.18. The normalized spacial score (nSPS) is 12.2. The minimum absolute atomic E-state index is 0.0749. The van der Waals surface area contributed by atoms with Gasteiger partial charge in [-0.1, -0.05) is 29.1 Å². The van der Waals surface area contributed by atoms with Gasteiger partial charge >= 0.3 is 0 Å². The molecule has 0 bridgehead atoms. The van der Waals surface area contributed by atoms with Crippen molar-refractivity contribution in [2.45, 2.75) is 23.9 Å². The zero-order valence-electron chi connectivity index (χ0n) is 17.6. The molecule has 2 aromatic carbocycles. The van der Waals surface area contributed by atoms with Gasteiger partial charge in [0.25, 0.3) is 5.56 Å². The smallest absolute Gasteiger partial charge is 0.262 e. The Labute approximate surface area is 184 Å². The minimum Gasteiger partial charge on any atom is -0.497 e. The second-order valence-electron chi connectivity index (χ2n) is 7.09. The molecule has 0 fully saturated rings. The lowest BCUT2D eigenvalue weighted by Crippen LogP contribution is -2.28. The van der Waals surface area contributed by atoms with Gasteiger partial charge < -0.3 is 14.0 Å². The van der Waals surface area contributed by atoms with E-state index in [0.29, 0.717) is 34.2 Å². The van der Waals surface area contributed by atoms with E-state index in [1.54, 1.807) is 24.9 Å². The van der Waals surface area contributed by atoms with E-state index in [4.69, 9.17) is 19.0 Å². The fraction of sp³-hybridized carbons (Fsp3) is 0.261. The Balaban J connectivity index is 1.60. The molecule has 2 aromatic heterocycles. The van der Waals surface area contributed by atoms with Gasteiger partial charge in [0.15, 0.2) is 5.16 Å². The van der Waals surface area contributed by atoms with E-state index < -0.39 is 0 Å². The highest BCUT2D eigenvalue weighted by Gasteiger charge is 2.17. The van der Waals surface area contributed by atoms with Crippen LogP contribution in [0, 0.1) is 0 Å². The Morgan fingerprint density at radius 1 is 1.13 bits per heavy atom. The Bertz CT molecular complexity index is 1230. The van der Waals surface area contributed by atoms with Gasteiger partial charge in [0, 0.05) is 18.7 Å². The molecule has 31 heavy (non-hydrogen) atoms. The van der Waals surface area contributed by atoms with Crippen molar-refractivity contribution in [2.75, 3.05) is 20.8 Å². The summed E-state index contributed by atoms with van der Waals surface area (Å²) in [6.45, 7) is 2.36. The highest BCUT2D eigenvalue weighted by molar-refractivity contribution is 7.98. The SMILES string of the molecule is COCC(C)n1c(SCc2cc(-c3ccc(OC)cc3)no2)nc2ccccc2c1=O. The lowest BCUT2D eigenvalue weighted by molar-refractivity contribution is 0.156. The molecule has 0 spiro atoms. The second kappa shape index (κ2) is 9.36. The summed E-state index contributed by atoms with van der Waals surface area (Å²) in [5, 5.41) is 5.39. The van der Waals surface area contributed by atoms with E-state index in [1.165, 1.54) is 11.8 Å². The topological polar surface area (TPSA) is 79.4 Å². The average molecular weight is 438 g/mol. The van der Waals surface area contributed by atoms with E-state index in [1.807, 2.05) is 55.5 Å². The van der Waals surface area contributed by atoms with E-state index in [2.05, 4.69) is 5.16 Å². The summed E-state index contributed by atoms with van der Waals surface area (Å²) in [7, 11) is 3.26. The van der Waals surface area contributed by atoms with Crippen LogP contribution in [0.3, 0.4) is 0 Å². The standard InChI is InChI=1S/C23H23N3O4S/c1-15(13-28-2)26-22(27)19-6-4-5-7-20(19)24-23(26)31-14-18-12-21(25-30-18)16-8-10-17(29-3)11-9-16/h4-12,15H,13-14H2,1-3H3. The molecule has 8 heteroatoms. The van der Waals surface area contributed by atoms with Crippen molar-refractivity contribution >= 4 is 22.7 Å². The number of hydrogen-bond donors (Lipinski definition) is 0. The van der Waals surface area contributed by atoms with Gasteiger partial charge in [0.05, 0.1) is 36.4 Å². The Kier molecular flexibility index (Phi) is 6.39. The molecule has 1 unspecified atom stereocenters. The fourth-order valence-corrected chi connectivity index (χ4v) is 4.32. The number of fused-ring (bicyclic) bond motifs is 1. The van der Waals surface area contributed by atoms with Crippen molar-refractivity contribution in [3.05, 3.63) is 70.7 Å². The summed E-state index contributed by atoms with van der Waals surface area (Å²) in [6, 6.07) is 16.8. The molecule has 4 rings (SSSR count). The number of ether oxygens (including phenoxy) is 2. The number of thioether (sulfide) groups is 1. The van der Waals surface area contributed by atoms with Crippen molar-refractivity contribution in [3.63, 3.8) is 0 Å². The van der Waals surface area contributed by atoms with Crippen molar-refractivity contribution in [1.82, 2.24) is 14.7 Å². The van der Waals surface area contributed by atoms with Gasteiger partial charge in [0.1, 0.15) is 17.2 Å². The summed E-state index contributed by atoms with van der Waals surface area (Å²) in [5.74, 6) is 1.98. The van der Waals surface area contributed by atoms with Gasteiger partial charge in [-0.15, -0.1) is 0 Å². The van der Waals surface area contributed by atoms with E-state index in [-0.39, 0.29) is 11.6 Å². The maximum absolute atomic E-state index is 13.1. The molecule has 0 radical (unpaired) electrons. The summed E-state index contributed by atoms with van der Waals surface area (Å²) in [4.78, 5) is 17.9. The van der Waals surface area contributed by atoms with E-state index >= 15 is 0 Å². The number of nitrogens with zero attached hydrogens (tertiary/aromatic N) is 3. The molecule has 160 valence electrons. The number of benzene rings is 2. The molecule has 0 saturated carbocycles. The fourth-order valence-electron chi connectivity index (χ4n) is 3.35. The first-order valence-corrected chi connectivity index (χ1v) is 10.8. The minimum atomic E-state index is -0.151. The monoisotopic (exact) mass is 437 g/mol. The molecule has 0 aliphatic carbocycles. The average Bonchev–Trinajstić information content (AvgIpc) is 3.27. The molecule has 4 aromatic rings. The van der Waals surface area contributed by atoms with Crippen molar-refractivity contribution < 1.29 is 14.0 Å². The zero-order valence-corrected chi connectivity index (χ0v) is 18.4. The van der Waals surface area contributed by atoms with Crippen LogP contribution in [0.1, 0.15) is 18.7 Å². The number of methoxy groups -OCH3 is 2. The number of aromatic nitrogens is 3. The third kappa shape index (κ3) is 4.50. The molecule has 0 aliphatic heterocycles. The highest BCUT2D eigenvalue weighted by Crippen LogP contribution is 2.27. The molecule has 7 nitrogen and oxygen atoms in total. The summed E-state index contributed by atoms with van der Waals surface area (Å²) in [5.41, 5.74) is 2.28. The molecule has 0 N–H and O–H groups in total. The van der Waals surface area contributed by atoms with Crippen LogP contribution in [0.4, 0.5) is 0 Å². The molecular formula is C23H23N3O4S. The third-order valence-corrected chi connectivity index (χ3v) is 5.89. The van der Waals surface area contributed by atoms with Gasteiger partial charge in [-0.2, -0.15) is 0 Å². The second-order valence-corrected chi connectivity index (χ2v) is 8.03.